The molecule has 146 valence electrons. The van der Waals surface area contributed by atoms with Gasteiger partial charge in [0.05, 0.1) is 18.1 Å². The number of hydrogen-bond donors (Lipinski definition) is 1. The highest BCUT2D eigenvalue weighted by Crippen LogP contribution is 2.32. The first kappa shape index (κ1) is 17.3. The third-order valence-electron chi connectivity index (χ3n) is 4.96. The smallest absolute Gasteiger partial charge is 0.280 e. The topological polar surface area (TPSA) is 108 Å². The Morgan fingerprint density at radius 3 is 2.86 bits per heavy atom. The van der Waals surface area contributed by atoms with Crippen molar-refractivity contribution in [1.82, 2.24) is 39.5 Å². The van der Waals surface area contributed by atoms with E-state index in [1.54, 1.807) is 13.2 Å². The molecule has 5 rings (SSSR count). The number of nitrogens with one attached hydrogen (secondary N) is 1. The van der Waals surface area contributed by atoms with Gasteiger partial charge in [-0.05, 0) is 25.0 Å². The molecule has 1 amide bonds. The number of nitrogens with zero attached hydrogens (tertiary/aromatic N) is 8. The molecule has 1 N–H and O–H groups in total. The molecule has 0 bridgehead atoms. The van der Waals surface area contributed by atoms with Gasteiger partial charge in [-0.3, -0.25) is 14.8 Å². The third kappa shape index (κ3) is 3.28. The number of amides is 1. The number of hydrogen-bond acceptors (Lipinski definition) is 6. The van der Waals surface area contributed by atoms with Crippen LogP contribution in [0.4, 0.5) is 5.95 Å². The number of carbonyl (C=O) groups is 1. The zero-order valence-corrected chi connectivity index (χ0v) is 15.8. The number of rotatable bonds is 4. The maximum absolute atomic E-state index is 12.3. The van der Waals surface area contributed by atoms with Crippen molar-refractivity contribution < 1.29 is 4.79 Å². The summed E-state index contributed by atoms with van der Waals surface area (Å²) < 4.78 is 5.20. The van der Waals surface area contributed by atoms with Crippen molar-refractivity contribution in [2.75, 3.05) is 5.32 Å². The molecule has 1 unspecified atom stereocenters. The fourth-order valence-electron chi connectivity index (χ4n) is 3.58. The quantitative estimate of drug-likeness (QED) is 0.570. The molecule has 10 heteroatoms. The van der Waals surface area contributed by atoms with E-state index in [0.29, 0.717) is 0 Å². The Morgan fingerprint density at radius 2 is 2.07 bits per heavy atom. The number of para-hydroxylation sites is 1. The van der Waals surface area contributed by atoms with Crippen molar-refractivity contribution in [3.05, 3.63) is 66.0 Å². The average Bonchev–Trinajstić information content (AvgIpc) is 3.47. The average molecular weight is 389 g/mol. The van der Waals surface area contributed by atoms with E-state index >= 15 is 0 Å². The van der Waals surface area contributed by atoms with Gasteiger partial charge in [-0.2, -0.15) is 10.1 Å². The van der Waals surface area contributed by atoms with Crippen molar-refractivity contribution in [3.8, 4) is 5.69 Å². The highest BCUT2D eigenvalue weighted by molar-refractivity contribution is 6.01. The minimum atomic E-state index is -0.380. The normalized spacial score (nSPS) is 15.8. The molecule has 29 heavy (non-hydrogen) atoms. The molecule has 1 aromatic carbocycles. The van der Waals surface area contributed by atoms with E-state index in [2.05, 4.69) is 30.8 Å². The van der Waals surface area contributed by atoms with E-state index in [4.69, 9.17) is 0 Å². The Morgan fingerprint density at radius 1 is 1.21 bits per heavy atom. The number of anilines is 1. The minimum absolute atomic E-state index is 0.0795. The lowest BCUT2D eigenvalue weighted by Crippen LogP contribution is -2.17. The van der Waals surface area contributed by atoms with Gasteiger partial charge in [-0.25, -0.2) is 9.36 Å². The van der Waals surface area contributed by atoms with Crippen LogP contribution >= 0.6 is 0 Å². The molecule has 0 radical (unpaired) electrons. The zero-order chi connectivity index (χ0) is 19.8. The maximum atomic E-state index is 12.3. The lowest BCUT2D eigenvalue weighted by molar-refractivity contribution is 0.102. The SMILES string of the molecule is Cn1cc(C(=O)Nc2nc3n(n2)CCCC3c2cnn(-c3ccccc3)c2)nn1. The molecule has 10 nitrogen and oxygen atoms in total. The third-order valence-corrected chi connectivity index (χ3v) is 4.96. The van der Waals surface area contributed by atoms with Crippen LogP contribution in [-0.4, -0.2) is 45.4 Å². The van der Waals surface area contributed by atoms with Gasteiger partial charge < -0.3 is 0 Å². The number of aromatic nitrogens is 8. The molecule has 0 saturated carbocycles. The molecule has 0 saturated heterocycles. The van der Waals surface area contributed by atoms with Crippen molar-refractivity contribution in [2.24, 2.45) is 7.05 Å². The zero-order valence-electron chi connectivity index (χ0n) is 15.8. The van der Waals surface area contributed by atoms with E-state index in [9.17, 15) is 4.79 Å². The fraction of sp³-hybridized carbons (Fsp3) is 0.263. The summed E-state index contributed by atoms with van der Waals surface area (Å²) in [5, 5.41) is 19.3. The van der Waals surface area contributed by atoms with Crippen molar-refractivity contribution in [2.45, 2.75) is 25.3 Å². The van der Waals surface area contributed by atoms with Crippen LogP contribution in [0.25, 0.3) is 5.69 Å². The summed E-state index contributed by atoms with van der Waals surface area (Å²) in [6.07, 6.45) is 7.39. The summed E-state index contributed by atoms with van der Waals surface area (Å²) in [6, 6.07) is 9.98. The van der Waals surface area contributed by atoms with E-state index in [0.717, 1.165) is 36.5 Å². The van der Waals surface area contributed by atoms with Gasteiger partial charge in [0.1, 0.15) is 5.82 Å². The fourth-order valence-corrected chi connectivity index (χ4v) is 3.58. The standard InChI is InChI=1S/C19H19N9O/c1-26-12-16(23-25-26)18(29)22-19-21-17-15(8-5-9-27(17)24-19)13-10-20-28(11-13)14-6-3-2-4-7-14/h2-4,6-7,10-12,15H,5,8-9H2,1H3,(H,22,24,29). The van der Waals surface area contributed by atoms with Crippen LogP contribution in [0.1, 0.15) is 40.6 Å². The lowest BCUT2D eigenvalue weighted by Gasteiger charge is -2.20. The second-order valence-electron chi connectivity index (χ2n) is 7.00. The van der Waals surface area contributed by atoms with E-state index in [1.165, 1.54) is 4.68 Å². The van der Waals surface area contributed by atoms with Crippen LogP contribution in [0.15, 0.2) is 48.9 Å². The van der Waals surface area contributed by atoms with Gasteiger partial charge in [0, 0.05) is 31.3 Å². The number of carbonyl (C=O) groups excluding carboxylic acids is 1. The summed E-state index contributed by atoms with van der Waals surface area (Å²) in [5.41, 5.74) is 2.31. The molecule has 3 aromatic heterocycles. The first-order valence-electron chi connectivity index (χ1n) is 9.40. The van der Waals surface area contributed by atoms with E-state index in [1.807, 2.05) is 52.1 Å². The Bertz CT molecular complexity index is 1160. The predicted molar refractivity (Wildman–Crippen MR) is 104 cm³/mol. The summed E-state index contributed by atoms with van der Waals surface area (Å²) in [4.78, 5) is 16.9. The van der Waals surface area contributed by atoms with Gasteiger partial charge >= 0.3 is 0 Å². The van der Waals surface area contributed by atoms with Crippen LogP contribution in [0.3, 0.4) is 0 Å². The largest absolute Gasteiger partial charge is 0.288 e. The Labute approximate surface area is 166 Å². The first-order chi connectivity index (χ1) is 14.2. The highest BCUT2D eigenvalue weighted by Gasteiger charge is 2.27. The summed E-state index contributed by atoms with van der Waals surface area (Å²) >= 11 is 0. The summed E-state index contributed by atoms with van der Waals surface area (Å²) in [5.74, 6) is 0.807. The molecule has 4 heterocycles. The molecule has 0 aliphatic carbocycles. The number of benzene rings is 1. The van der Waals surface area contributed by atoms with Crippen molar-refractivity contribution in [1.29, 1.82) is 0 Å². The second-order valence-corrected chi connectivity index (χ2v) is 7.00. The number of aryl methyl sites for hydroxylation is 2. The summed E-state index contributed by atoms with van der Waals surface area (Å²) in [7, 11) is 1.71. The monoisotopic (exact) mass is 389 g/mol. The molecule has 1 aliphatic rings. The van der Waals surface area contributed by atoms with Crippen molar-refractivity contribution in [3.63, 3.8) is 0 Å². The maximum Gasteiger partial charge on any atom is 0.280 e. The van der Waals surface area contributed by atoms with Crippen molar-refractivity contribution >= 4 is 11.9 Å². The van der Waals surface area contributed by atoms with Gasteiger partial charge in [-0.1, -0.05) is 23.4 Å². The Kier molecular flexibility index (Phi) is 4.15. The Balaban J connectivity index is 1.40. The molecule has 1 atom stereocenters. The highest BCUT2D eigenvalue weighted by atomic mass is 16.2. The molecule has 0 fully saturated rings. The molecule has 4 aromatic rings. The van der Waals surface area contributed by atoms with Gasteiger partial charge in [0.25, 0.3) is 5.91 Å². The van der Waals surface area contributed by atoms with E-state index < -0.39 is 0 Å². The molecular weight excluding hydrogens is 370 g/mol. The molecular formula is C19H19N9O. The summed E-state index contributed by atoms with van der Waals surface area (Å²) in [6.45, 7) is 0.771. The van der Waals surface area contributed by atoms with Gasteiger partial charge in [-0.15, -0.1) is 10.2 Å². The van der Waals surface area contributed by atoms with Gasteiger partial charge in [0.15, 0.2) is 5.69 Å². The molecule has 1 aliphatic heterocycles. The van der Waals surface area contributed by atoms with Crippen LogP contribution in [0.5, 0.6) is 0 Å². The lowest BCUT2D eigenvalue weighted by atomic mass is 9.94. The minimum Gasteiger partial charge on any atom is -0.288 e. The van der Waals surface area contributed by atoms with Crippen LogP contribution < -0.4 is 5.32 Å². The van der Waals surface area contributed by atoms with Crippen LogP contribution in [0, 0.1) is 0 Å². The first-order valence-corrected chi connectivity index (χ1v) is 9.40. The number of fused-ring (bicyclic) bond motifs is 1. The van der Waals surface area contributed by atoms with E-state index in [-0.39, 0.29) is 23.5 Å². The van der Waals surface area contributed by atoms with Crippen LogP contribution in [-0.2, 0) is 13.6 Å². The van der Waals surface area contributed by atoms with Gasteiger partial charge in [0.2, 0.25) is 5.95 Å². The van der Waals surface area contributed by atoms with Crippen LogP contribution in [0.2, 0.25) is 0 Å². The second kappa shape index (κ2) is 6.97. The Hall–Kier alpha value is -3.82. The molecule has 0 spiro atoms. The predicted octanol–water partition coefficient (Wildman–Crippen LogP) is 1.77.